The molecule has 7 nitrogen and oxygen atoms in total. The Kier molecular flexibility index (Phi) is 5.47. The number of hydrogen-bond donors (Lipinski definition) is 1. The lowest BCUT2D eigenvalue weighted by atomic mass is 10.0. The summed E-state index contributed by atoms with van der Waals surface area (Å²) in [7, 11) is 2.04. The first-order chi connectivity index (χ1) is 14.3. The van der Waals surface area contributed by atoms with Gasteiger partial charge in [-0.05, 0) is 44.1 Å². The van der Waals surface area contributed by atoms with Gasteiger partial charge in [-0.1, -0.05) is 19.9 Å². The highest BCUT2D eigenvalue weighted by Crippen LogP contribution is 2.27. The Balaban J connectivity index is 1.73. The zero-order valence-electron chi connectivity index (χ0n) is 18.4. The molecule has 0 bridgehead atoms. The van der Waals surface area contributed by atoms with E-state index in [1.165, 1.54) is 0 Å². The Morgan fingerprint density at radius 1 is 1.23 bits per heavy atom. The Hall–Kier alpha value is -2.93. The van der Waals surface area contributed by atoms with Gasteiger partial charge in [-0.3, -0.25) is 0 Å². The van der Waals surface area contributed by atoms with Crippen molar-refractivity contribution >= 4 is 16.9 Å². The number of allylic oxidation sites excluding steroid dienone is 5. The fourth-order valence-electron chi connectivity index (χ4n) is 3.94. The first kappa shape index (κ1) is 20.3. The first-order valence-electron chi connectivity index (χ1n) is 10.6. The van der Waals surface area contributed by atoms with Gasteiger partial charge in [0.25, 0.3) is 0 Å². The van der Waals surface area contributed by atoms with Gasteiger partial charge < -0.3 is 15.1 Å². The zero-order chi connectivity index (χ0) is 21.4. The van der Waals surface area contributed by atoms with Crippen molar-refractivity contribution in [3.8, 4) is 0 Å². The van der Waals surface area contributed by atoms with Crippen LogP contribution in [0.15, 0.2) is 52.7 Å². The first-order valence-corrected chi connectivity index (χ1v) is 10.6. The molecule has 30 heavy (non-hydrogen) atoms. The number of pyridine rings is 1. The summed E-state index contributed by atoms with van der Waals surface area (Å²) in [4.78, 5) is 26.3. The van der Waals surface area contributed by atoms with Gasteiger partial charge in [0.15, 0.2) is 5.82 Å². The van der Waals surface area contributed by atoms with E-state index in [0.29, 0.717) is 23.4 Å². The third-order valence-corrected chi connectivity index (χ3v) is 5.62. The number of nitrogens with one attached hydrogen (secondary N) is 1. The maximum atomic E-state index is 12.9. The summed E-state index contributed by atoms with van der Waals surface area (Å²) < 4.78 is 1.54. The molecule has 1 N–H and O–H groups in total. The van der Waals surface area contributed by atoms with Gasteiger partial charge in [-0.2, -0.15) is 4.98 Å². The average Bonchev–Trinajstić information content (AvgIpc) is 2.70. The number of fused-ring (bicyclic) bond motifs is 1. The predicted molar refractivity (Wildman–Crippen MR) is 121 cm³/mol. The fraction of sp³-hybridized carbons (Fsp3) is 0.435. The molecule has 4 rings (SSSR count). The normalized spacial score (nSPS) is 21.4. The number of hydrogen-bond acceptors (Lipinski definition) is 6. The van der Waals surface area contributed by atoms with Crippen LogP contribution >= 0.6 is 0 Å². The fourth-order valence-corrected chi connectivity index (χ4v) is 3.94. The molecule has 1 saturated heterocycles. The van der Waals surface area contributed by atoms with Crippen molar-refractivity contribution in [1.29, 1.82) is 0 Å². The minimum absolute atomic E-state index is 0.305. The smallest absolute Gasteiger partial charge is 0.355 e. The lowest BCUT2D eigenvalue weighted by molar-refractivity contribution is 0.484. The minimum atomic E-state index is -0.305. The average molecular weight is 407 g/mol. The third-order valence-electron chi connectivity index (χ3n) is 5.62. The number of anilines is 1. The van der Waals surface area contributed by atoms with Crippen LogP contribution in [0.5, 0.6) is 0 Å². The molecular weight excluding hydrogens is 376 g/mol. The van der Waals surface area contributed by atoms with Crippen molar-refractivity contribution in [2.75, 3.05) is 31.6 Å². The molecule has 0 aliphatic carbocycles. The van der Waals surface area contributed by atoms with E-state index in [1.54, 1.807) is 4.40 Å². The molecule has 7 heteroatoms. The van der Waals surface area contributed by atoms with Gasteiger partial charge in [-0.25, -0.2) is 14.2 Å². The largest absolute Gasteiger partial charge is 0.368 e. The summed E-state index contributed by atoms with van der Waals surface area (Å²) in [5.74, 6) is 0.880. The SMILES string of the molecule is CC1=CC(c2nc(=O)n3cc(N4CCN[C@@H](C)C4)ccc3n2)=C/C(=C/C(C)C)N1C. The summed E-state index contributed by atoms with van der Waals surface area (Å²) in [5, 5.41) is 3.44. The molecular formula is C23H30N6O. The van der Waals surface area contributed by atoms with Gasteiger partial charge in [0.05, 0.1) is 5.69 Å². The monoisotopic (exact) mass is 406 g/mol. The topological polar surface area (TPSA) is 65.8 Å². The van der Waals surface area contributed by atoms with E-state index in [-0.39, 0.29) is 5.69 Å². The van der Waals surface area contributed by atoms with Gasteiger partial charge in [0.2, 0.25) is 0 Å². The van der Waals surface area contributed by atoms with E-state index in [2.05, 4.69) is 59.9 Å². The van der Waals surface area contributed by atoms with Gasteiger partial charge in [0.1, 0.15) is 5.65 Å². The molecule has 2 aromatic heterocycles. The van der Waals surface area contributed by atoms with Crippen LogP contribution in [-0.4, -0.2) is 52.0 Å². The summed E-state index contributed by atoms with van der Waals surface area (Å²) in [6.07, 6.45) is 8.13. The number of aromatic nitrogens is 3. The second kappa shape index (κ2) is 8.07. The molecule has 0 aromatic carbocycles. The van der Waals surface area contributed by atoms with Crippen molar-refractivity contribution < 1.29 is 0 Å². The highest BCUT2D eigenvalue weighted by molar-refractivity contribution is 5.75. The van der Waals surface area contributed by atoms with Crippen LogP contribution in [0, 0.1) is 5.92 Å². The van der Waals surface area contributed by atoms with Crippen molar-refractivity contribution in [2.45, 2.75) is 33.7 Å². The molecule has 2 aliphatic heterocycles. The standard InChI is InChI=1S/C23H30N6O/c1-15(2)10-20-12-18(11-17(4)27(20)5)22-25-21-7-6-19(14-29(21)23(30)26-22)28-9-8-24-16(3)13-28/h6-7,10-12,14-16,24H,8-9,13H2,1-5H3/b20-10-/t16-/m0/s1. The van der Waals surface area contributed by atoms with Crippen LogP contribution in [0.2, 0.25) is 0 Å². The highest BCUT2D eigenvalue weighted by Gasteiger charge is 2.19. The molecule has 158 valence electrons. The summed E-state index contributed by atoms with van der Waals surface area (Å²) in [6, 6.07) is 4.37. The van der Waals surface area contributed by atoms with Gasteiger partial charge >= 0.3 is 5.69 Å². The summed E-state index contributed by atoms with van der Waals surface area (Å²) in [6.45, 7) is 11.3. The quantitative estimate of drug-likeness (QED) is 0.845. The number of piperazine rings is 1. The van der Waals surface area contributed by atoms with Gasteiger partial charge in [0, 0.05) is 55.9 Å². The van der Waals surface area contributed by atoms with Crippen LogP contribution in [0.3, 0.4) is 0 Å². The van der Waals surface area contributed by atoms with Crippen LogP contribution in [0.25, 0.3) is 11.2 Å². The lowest BCUT2D eigenvalue weighted by Gasteiger charge is -2.33. The van der Waals surface area contributed by atoms with E-state index in [0.717, 1.165) is 42.3 Å². The van der Waals surface area contributed by atoms with E-state index in [1.807, 2.05) is 31.5 Å². The minimum Gasteiger partial charge on any atom is -0.368 e. The molecule has 1 fully saturated rings. The van der Waals surface area contributed by atoms with Crippen molar-refractivity contribution in [3.63, 3.8) is 0 Å². The van der Waals surface area contributed by atoms with E-state index < -0.39 is 0 Å². The zero-order valence-corrected chi connectivity index (χ0v) is 18.4. The molecule has 0 saturated carbocycles. The van der Waals surface area contributed by atoms with Crippen LogP contribution < -0.4 is 15.9 Å². The van der Waals surface area contributed by atoms with E-state index in [4.69, 9.17) is 4.98 Å². The molecule has 1 atom stereocenters. The third kappa shape index (κ3) is 4.03. The predicted octanol–water partition coefficient (Wildman–Crippen LogP) is 2.66. The molecule has 0 radical (unpaired) electrons. The number of rotatable bonds is 3. The molecule has 0 unspecified atom stereocenters. The second-order valence-corrected chi connectivity index (χ2v) is 8.53. The summed E-state index contributed by atoms with van der Waals surface area (Å²) >= 11 is 0. The van der Waals surface area contributed by atoms with E-state index >= 15 is 0 Å². The molecule has 0 amide bonds. The second-order valence-electron chi connectivity index (χ2n) is 8.53. The Bertz CT molecular complexity index is 1110. The molecule has 4 heterocycles. The lowest BCUT2D eigenvalue weighted by Crippen LogP contribution is -2.49. The summed E-state index contributed by atoms with van der Waals surface area (Å²) in [5.41, 5.74) is 4.36. The van der Waals surface area contributed by atoms with Crippen molar-refractivity contribution in [1.82, 2.24) is 24.6 Å². The highest BCUT2D eigenvalue weighted by atomic mass is 16.1. The van der Waals surface area contributed by atoms with E-state index in [9.17, 15) is 4.79 Å². The molecule has 2 aliphatic rings. The Labute approximate surface area is 177 Å². The number of likely N-dealkylation sites (N-methyl/N-ethyl adjacent to an activating group) is 1. The van der Waals surface area contributed by atoms with Crippen molar-refractivity contribution in [2.24, 2.45) is 5.92 Å². The Morgan fingerprint density at radius 2 is 2.03 bits per heavy atom. The maximum absolute atomic E-state index is 12.9. The Morgan fingerprint density at radius 3 is 2.77 bits per heavy atom. The van der Waals surface area contributed by atoms with Crippen molar-refractivity contribution in [3.05, 3.63) is 64.3 Å². The van der Waals surface area contributed by atoms with Crippen LogP contribution in [0.4, 0.5) is 5.69 Å². The molecule has 2 aromatic rings. The maximum Gasteiger partial charge on any atom is 0.355 e. The van der Waals surface area contributed by atoms with Gasteiger partial charge in [-0.15, -0.1) is 0 Å². The number of nitrogens with zero attached hydrogens (tertiary/aromatic N) is 5. The van der Waals surface area contributed by atoms with Crippen LogP contribution in [-0.2, 0) is 0 Å². The molecule has 0 spiro atoms. The van der Waals surface area contributed by atoms with Crippen LogP contribution in [0.1, 0.15) is 33.5 Å².